The van der Waals surface area contributed by atoms with Gasteiger partial charge in [-0.1, -0.05) is 69.3 Å². The molecule has 1 amide bonds. The molecule has 2 aromatic carbocycles. The number of carbonyl (C=O) groups is 2. The lowest BCUT2D eigenvalue weighted by molar-refractivity contribution is -0.131. The molecule has 36 heavy (non-hydrogen) atoms. The minimum Gasteiger partial charge on any atom is -0.354 e. The number of amides is 1. The fourth-order valence-electron chi connectivity index (χ4n) is 4.72. The van der Waals surface area contributed by atoms with E-state index in [1.54, 1.807) is 23.1 Å². The quantitative estimate of drug-likeness (QED) is 0.435. The van der Waals surface area contributed by atoms with E-state index in [4.69, 9.17) is 10.7 Å². The minimum absolute atomic E-state index is 0.156. The summed E-state index contributed by atoms with van der Waals surface area (Å²) in [5.74, 6) is -0.681. The van der Waals surface area contributed by atoms with Crippen molar-refractivity contribution in [1.29, 1.82) is 0 Å². The predicted molar refractivity (Wildman–Crippen MR) is 140 cm³/mol. The second-order valence-electron chi connectivity index (χ2n) is 10.2. The number of rotatable bonds is 8. The Bertz CT molecular complexity index is 1240. The number of aliphatic imine (C=N–C) groups is 1. The van der Waals surface area contributed by atoms with E-state index in [-0.39, 0.29) is 30.0 Å². The van der Waals surface area contributed by atoms with Crippen LogP contribution in [0.5, 0.6) is 0 Å². The van der Waals surface area contributed by atoms with Crippen LogP contribution in [-0.2, 0) is 22.4 Å². The van der Waals surface area contributed by atoms with Crippen LogP contribution in [0.2, 0.25) is 0 Å². The van der Waals surface area contributed by atoms with Gasteiger partial charge >= 0.3 is 0 Å². The topological polar surface area (TPSA) is 87.8 Å². The maximum Gasteiger partial charge on any atom is 0.251 e. The molecule has 0 fully saturated rings. The summed E-state index contributed by atoms with van der Waals surface area (Å²) in [6.45, 7) is 6.65. The van der Waals surface area contributed by atoms with Crippen molar-refractivity contribution in [1.82, 2.24) is 10.2 Å². The Morgan fingerprint density at radius 1 is 1.11 bits per heavy atom. The summed E-state index contributed by atoms with van der Waals surface area (Å²) in [6.07, 6.45) is 3.17. The number of hydrogen-bond donors (Lipinski definition) is 2. The number of benzene rings is 2. The lowest BCUT2D eigenvalue weighted by Gasteiger charge is -2.37. The Labute approximate surface area is 211 Å². The van der Waals surface area contributed by atoms with Crippen molar-refractivity contribution in [3.8, 4) is 0 Å². The van der Waals surface area contributed by atoms with E-state index in [0.29, 0.717) is 23.6 Å². The first-order valence-corrected chi connectivity index (χ1v) is 12.3. The molecule has 0 aliphatic carbocycles. The van der Waals surface area contributed by atoms with Crippen molar-refractivity contribution in [2.24, 2.45) is 16.1 Å². The Morgan fingerprint density at radius 2 is 1.81 bits per heavy atom. The molecule has 1 atom stereocenters. The van der Waals surface area contributed by atoms with Gasteiger partial charge in [0, 0.05) is 42.3 Å². The summed E-state index contributed by atoms with van der Waals surface area (Å²) in [4.78, 5) is 32.8. The van der Waals surface area contributed by atoms with Crippen LogP contribution in [0, 0.1) is 11.2 Å². The molecule has 0 bridgehead atoms. The number of nitrogens with zero attached hydrogens (tertiary/aromatic N) is 2. The van der Waals surface area contributed by atoms with Gasteiger partial charge in [0.25, 0.3) is 5.91 Å². The summed E-state index contributed by atoms with van der Waals surface area (Å²) < 4.78 is 14.7. The Kier molecular flexibility index (Phi) is 7.50. The van der Waals surface area contributed by atoms with E-state index in [9.17, 15) is 14.0 Å². The second kappa shape index (κ2) is 10.6. The molecule has 0 saturated carbocycles. The molecule has 2 aliphatic rings. The second-order valence-corrected chi connectivity index (χ2v) is 10.2. The van der Waals surface area contributed by atoms with Gasteiger partial charge in [0.05, 0.1) is 5.71 Å². The first-order chi connectivity index (χ1) is 17.2. The number of ketones is 1. The number of halogens is 1. The van der Waals surface area contributed by atoms with Gasteiger partial charge in [-0.25, -0.2) is 9.38 Å². The highest BCUT2D eigenvalue weighted by Gasteiger charge is 2.44. The van der Waals surface area contributed by atoms with Gasteiger partial charge in [0.1, 0.15) is 11.6 Å². The number of fused-ring (bicyclic) bond motifs is 1. The minimum atomic E-state index is -1.09. The van der Waals surface area contributed by atoms with E-state index in [1.807, 2.05) is 51.1 Å². The molecule has 2 aromatic rings. The van der Waals surface area contributed by atoms with Gasteiger partial charge in [-0.3, -0.25) is 9.59 Å². The molecule has 0 spiro atoms. The van der Waals surface area contributed by atoms with Crippen LogP contribution in [0.1, 0.15) is 38.3 Å². The van der Waals surface area contributed by atoms with Gasteiger partial charge in [0.2, 0.25) is 0 Å². The summed E-state index contributed by atoms with van der Waals surface area (Å²) >= 11 is 0. The molecule has 2 heterocycles. The highest BCUT2D eigenvalue weighted by atomic mass is 19.1. The zero-order valence-electron chi connectivity index (χ0n) is 21.1. The van der Waals surface area contributed by atoms with E-state index in [2.05, 4.69) is 5.32 Å². The van der Waals surface area contributed by atoms with Crippen molar-refractivity contribution in [3.63, 3.8) is 0 Å². The smallest absolute Gasteiger partial charge is 0.251 e. The number of hydrogen-bond acceptors (Lipinski definition) is 5. The molecule has 4 rings (SSSR count). The third-order valence-corrected chi connectivity index (χ3v) is 6.46. The molecule has 7 heteroatoms. The fourth-order valence-corrected chi connectivity index (χ4v) is 4.72. The lowest BCUT2D eigenvalue weighted by atomic mass is 9.82. The van der Waals surface area contributed by atoms with Crippen LogP contribution >= 0.6 is 0 Å². The average Bonchev–Trinajstić information content (AvgIpc) is 3.18. The number of allylic oxidation sites excluding steroid dienone is 1. The van der Waals surface area contributed by atoms with E-state index in [0.717, 1.165) is 24.1 Å². The van der Waals surface area contributed by atoms with Crippen molar-refractivity contribution >= 4 is 17.4 Å². The third-order valence-electron chi connectivity index (χ3n) is 6.46. The predicted octanol–water partition coefficient (Wildman–Crippen LogP) is 3.93. The summed E-state index contributed by atoms with van der Waals surface area (Å²) in [6, 6.07) is 15.5. The van der Waals surface area contributed by atoms with Crippen molar-refractivity contribution in [3.05, 3.63) is 94.7 Å². The Balaban J connectivity index is 1.61. The Hall–Kier alpha value is -3.58. The number of nitrogens with two attached hydrogens (primary N) is 1. The zero-order valence-corrected chi connectivity index (χ0v) is 21.1. The molecule has 188 valence electrons. The Morgan fingerprint density at radius 3 is 2.47 bits per heavy atom. The standard InChI is InChI=1S/C29H33FN4O2/c1-29(2,3)27-21(18-31)23(16-20-13-7-8-14-22(20)30)34-25(33-27)17-24(35)26(34)28(36)32-15-9-12-19-10-5-4-6-11-19/h4-8,10-11,13-14,17,26H,9,12,15-16,18,31H2,1-3H3,(H,32,36). The van der Waals surface area contributed by atoms with Crippen LogP contribution in [-0.4, -0.2) is 41.4 Å². The zero-order chi connectivity index (χ0) is 25.9. The van der Waals surface area contributed by atoms with Crippen molar-refractivity contribution in [2.75, 3.05) is 13.1 Å². The van der Waals surface area contributed by atoms with Crippen LogP contribution in [0.25, 0.3) is 0 Å². The third kappa shape index (κ3) is 5.31. The molecular formula is C29H33FN4O2. The normalized spacial score (nSPS) is 17.6. The highest BCUT2D eigenvalue weighted by Crippen LogP contribution is 2.38. The molecule has 0 radical (unpaired) electrons. The highest BCUT2D eigenvalue weighted by molar-refractivity contribution is 6.15. The van der Waals surface area contributed by atoms with Crippen molar-refractivity contribution in [2.45, 2.75) is 46.1 Å². The SMILES string of the molecule is CC(C)(C)C1=NC2=CC(=O)C(C(=O)NCCCc3ccccc3)N2C(Cc2ccccc2F)=C1CN. The molecule has 6 nitrogen and oxygen atoms in total. The molecule has 2 aliphatic heterocycles. The lowest BCUT2D eigenvalue weighted by Crippen LogP contribution is -2.49. The number of nitrogens with one attached hydrogen (secondary N) is 1. The maximum atomic E-state index is 14.7. The van der Waals surface area contributed by atoms with Crippen LogP contribution < -0.4 is 11.1 Å². The first-order valence-electron chi connectivity index (χ1n) is 12.3. The largest absolute Gasteiger partial charge is 0.354 e. The fraction of sp³-hybridized carbons (Fsp3) is 0.345. The van der Waals surface area contributed by atoms with Gasteiger partial charge < -0.3 is 16.0 Å². The van der Waals surface area contributed by atoms with Gasteiger partial charge in [-0.2, -0.15) is 0 Å². The van der Waals surface area contributed by atoms with Crippen molar-refractivity contribution < 1.29 is 14.0 Å². The number of carbonyl (C=O) groups excluding carboxylic acids is 2. The average molecular weight is 489 g/mol. The summed E-state index contributed by atoms with van der Waals surface area (Å²) in [5, 5.41) is 2.92. The first kappa shape index (κ1) is 25.5. The molecular weight excluding hydrogens is 455 g/mol. The van der Waals surface area contributed by atoms with E-state index in [1.165, 1.54) is 17.7 Å². The molecule has 0 aromatic heterocycles. The molecule has 0 saturated heterocycles. The van der Waals surface area contributed by atoms with Gasteiger partial charge in [-0.05, 0) is 30.0 Å². The van der Waals surface area contributed by atoms with Crippen LogP contribution in [0.4, 0.5) is 4.39 Å². The summed E-state index contributed by atoms with van der Waals surface area (Å²) in [7, 11) is 0. The summed E-state index contributed by atoms with van der Waals surface area (Å²) in [5.41, 5.74) is 9.62. The van der Waals surface area contributed by atoms with E-state index < -0.39 is 11.9 Å². The van der Waals surface area contributed by atoms with Crippen LogP contribution in [0.15, 0.2) is 82.8 Å². The maximum absolute atomic E-state index is 14.7. The molecule has 3 N–H and O–H groups in total. The molecule has 1 unspecified atom stereocenters. The van der Waals surface area contributed by atoms with Crippen LogP contribution in [0.3, 0.4) is 0 Å². The van der Waals surface area contributed by atoms with E-state index >= 15 is 0 Å². The number of aryl methyl sites for hydroxylation is 1. The van der Waals surface area contributed by atoms with Gasteiger partial charge in [-0.15, -0.1) is 0 Å². The monoisotopic (exact) mass is 488 g/mol. The van der Waals surface area contributed by atoms with Gasteiger partial charge in [0.15, 0.2) is 11.8 Å².